The molecule has 2 rings (SSSR count). The monoisotopic (exact) mass is 410 g/mol. The molecule has 0 fully saturated rings. The Morgan fingerprint density at radius 2 is 1.96 bits per heavy atom. The van der Waals surface area contributed by atoms with Crippen LogP contribution in [0, 0.1) is 5.82 Å². The molecule has 1 heterocycles. The van der Waals surface area contributed by atoms with Crippen molar-refractivity contribution >= 4 is 21.7 Å². The molecule has 0 bridgehead atoms. The minimum Gasteiger partial charge on any atom is -0.454 e. The van der Waals surface area contributed by atoms with Crippen molar-refractivity contribution in [3.8, 4) is 0 Å². The smallest absolute Gasteiger partial charge is 0.284 e. The molecule has 4 N–H and O–H groups in total. The number of nitrogens with two attached hydrogens (primary N) is 1. The first kappa shape index (κ1) is 21.4. The van der Waals surface area contributed by atoms with Crippen LogP contribution in [-0.2, 0) is 28.7 Å². The number of furan rings is 1. The van der Waals surface area contributed by atoms with E-state index in [0.29, 0.717) is 29.4 Å². The average Bonchev–Trinajstić information content (AvgIpc) is 3.07. The summed E-state index contributed by atoms with van der Waals surface area (Å²) in [4.78, 5) is 15.4. The van der Waals surface area contributed by atoms with E-state index in [-0.39, 0.29) is 24.6 Å². The predicted octanol–water partition coefficient (Wildman–Crippen LogP) is 1.32. The number of hydrogen-bond acceptors (Lipinski definition) is 5. The number of sulfone groups is 1. The van der Waals surface area contributed by atoms with Gasteiger partial charge in [0.2, 0.25) is 0 Å². The van der Waals surface area contributed by atoms with E-state index in [9.17, 15) is 17.6 Å². The molecule has 0 aliphatic heterocycles. The first-order chi connectivity index (χ1) is 13.2. The maximum absolute atomic E-state index is 13.6. The molecular formula is C18H23FN4O4S. The fourth-order valence-electron chi connectivity index (χ4n) is 2.45. The highest BCUT2D eigenvalue weighted by Crippen LogP contribution is 2.15. The number of guanidine groups is 1. The minimum absolute atomic E-state index is 0.0592. The Balaban J connectivity index is 2.13. The molecule has 1 aromatic heterocycles. The van der Waals surface area contributed by atoms with Gasteiger partial charge in [-0.2, -0.15) is 0 Å². The Morgan fingerprint density at radius 1 is 1.21 bits per heavy atom. The maximum atomic E-state index is 13.6. The molecular weight excluding hydrogens is 387 g/mol. The molecule has 0 saturated carbocycles. The number of nitrogens with zero attached hydrogens (tertiary/aromatic N) is 1. The highest BCUT2D eigenvalue weighted by Gasteiger charge is 2.11. The van der Waals surface area contributed by atoms with E-state index >= 15 is 0 Å². The first-order valence-electron chi connectivity index (χ1n) is 8.53. The molecule has 0 aliphatic rings. The lowest BCUT2D eigenvalue weighted by atomic mass is 10.1. The van der Waals surface area contributed by atoms with Crippen molar-refractivity contribution in [2.45, 2.75) is 25.8 Å². The highest BCUT2D eigenvalue weighted by atomic mass is 32.2. The van der Waals surface area contributed by atoms with Crippen LogP contribution in [0.15, 0.2) is 39.7 Å². The van der Waals surface area contributed by atoms with E-state index in [2.05, 4.69) is 15.6 Å². The number of primary amides is 1. The molecule has 0 unspecified atom stereocenters. The van der Waals surface area contributed by atoms with Crippen LogP contribution in [0.5, 0.6) is 0 Å². The molecule has 8 nitrogen and oxygen atoms in total. The van der Waals surface area contributed by atoms with Gasteiger partial charge in [0.15, 0.2) is 21.6 Å². The lowest BCUT2D eigenvalue weighted by Gasteiger charge is -2.12. The molecule has 0 atom stereocenters. The van der Waals surface area contributed by atoms with Crippen LogP contribution in [-0.4, -0.2) is 33.1 Å². The van der Waals surface area contributed by atoms with Crippen molar-refractivity contribution < 1.29 is 22.0 Å². The third kappa shape index (κ3) is 6.69. The van der Waals surface area contributed by atoms with Gasteiger partial charge < -0.3 is 20.8 Å². The van der Waals surface area contributed by atoms with Crippen molar-refractivity contribution in [3.63, 3.8) is 0 Å². The lowest BCUT2D eigenvalue weighted by Crippen LogP contribution is -2.36. The molecule has 0 saturated heterocycles. The SMILES string of the molecule is CCNC(=NCc1cc(F)ccc1CS(C)(=O)=O)NCc1ccc(C(N)=O)o1. The molecule has 28 heavy (non-hydrogen) atoms. The van der Waals surface area contributed by atoms with Crippen molar-refractivity contribution in [3.05, 3.63) is 58.8 Å². The summed E-state index contributed by atoms with van der Waals surface area (Å²) in [5, 5.41) is 6.05. The summed E-state index contributed by atoms with van der Waals surface area (Å²) < 4.78 is 42.1. The van der Waals surface area contributed by atoms with Crippen LogP contribution < -0.4 is 16.4 Å². The summed E-state index contributed by atoms with van der Waals surface area (Å²) in [5.41, 5.74) is 6.13. The van der Waals surface area contributed by atoms with Gasteiger partial charge in [-0.15, -0.1) is 0 Å². The zero-order chi connectivity index (χ0) is 20.7. The predicted molar refractivity (Wildman–Crippen MR) is 104 cm³/mol. The normalized spacial score (nSPS) is 12.0. The topological polar surface area (TPSA) is 127 Å². The number of rotatable bonds is 8. The van der Waals surface area contributed by atoms with E-state index < -0.39 is 21.6 Å². The van der Waals surface area contributed by atoms with Crippen LogP contribution in [0.2, 0.25) is 0 Å². The van der Waals surface area contributed by atoms with E-state index in [1.807, 2.05) is 6.92 Å². The van der Waals surface area contributed by atoms with Crippen molar-refractivity contribution in [1.29, 1.82) is 0 Å². The second kappa shape index (κ2) is 9.36. The van der Waals surface area contributed by atoms with Gasteiger partial charge in [-0.05, 0) is 42.3 Å². The molecule has 152 valence electrons. The van der Waals surface area contributed by atoms with E-state index in [4.69, 9.17) is 10.2 Å². The Labute approximate surface area is 162 Å². The molecule has 1 aromatic carbocycles. The van der Waals surface area contributed by atoms with Crippen molar-refractivity contribution in [2.24, 2.45) is 10.7 Å². The molecule has 0 aliphatic carbocycles. The summed E-state index contributed by atoms with van der Waals surface area (Å²) in [7, 11) is -3.26. The summed E-state index contributed by atoms with van der Waals surface area (Å²) in [5.74, 6) is -0.336. The lowest BCUT2D eigenvalue weighted by molar-refractivity contribution is 0.0972. The van der Waals surface area contributed by atoms with Crippen molar-refractivity contribution in [1.82, 2.24) is 10.6 Å². The molecule has 1 amide bonds. The third-order valence-corrected chi connectivity index (χ3v) is 4.51. The van der Waals surface area contributed by atoms with Gasteiger partial charge in [0.05, 0.1) is 18.8 Å². The van der Waals surface area contributed by atoms with E-state index in [0.717, 1.165) is 6.26 Å². The number of nitrogens with one attached hydrogen (secondary N) is 2. The number of carbonyl (C=O) groups is 1. The van der Waals surface area contributed by atoms with Gasteiger partial charge in [-0.3, -0.25) is 4.79 Å². The van der Waals surface area contributed by atoms with Crippen LogP contribution >= 0.6 is 0 Å². The Morgan fingerprint density at radius 3 is 2.57 bits per heavy atom. The van der Waals surface area contributed by atoms with E-state index in [1.54, 1.807) is 6.07 Å². The van der Waals surface area contributed by atoms with Gasteiger partial charge in [0, 0.05) is 12.8 Å². The fraction of sp³-hybridized carbons (Fsp3) is 0.333. The zero-order valence-corrected chi connectivity index (χ0v) is 16.5. The zero-order valence-electron chi connectivity index (χ0n) is 15.7. The van der Waals surface area contributed by atoms with Crippen LogP contribution in [0.1, 0.15) is 34.4 Å². The number of aliphatic imine (C=N–C) groups is 1. The van der Waals surface area contributed by atoms with Crippen LogP contribution in [0.3, 0.4) is 0 Å². The number of carbonyl (C=O) groups excluding carboxylic acids is 1. The van der Waals surface area contributed by atoms with Crippen LogP contribution in [0.4, 0.5) is 4.39 Å². The quantitative estimate of drug-likeness (QED) is 0.445. The molecule has 2 aromatic rings. The highest BCUT2D eigenvalue weighted by molar-refractivity contribution is 7.89. The van der Waals surface area contributed by atoms with Gasteiger partial charge in [-0.25, -0.2) is 17.8 Å². The summed E-state index contributed by atoms with van der Waals surface area (Å²) in [6.45, 7) is 2.80. The van der Waals surface area contributed by atoms with Crippen LogP contribution in [0.25, 0.3) is 0 Å². The fourth-order valence-corrected chi connectivity index (χ4v) is 3.29. The standard InChI is InChI=1S/C18H23FN4O4S/c1-3-21-18(23-10-15-6-7-16(27-15)17(20)24)22-9-13-8-14(19)5-4-12(13)11-28(2,25)26/h4-8H,3,9-11H2,1-2H3,(H2,20,24)(H2,21,22,23). The number of amides is 1. The number of halogens is 1. The van der Waals surface area contributed by atoms with Crippen molar-refractivity contribution in [2.75, 3.05) is 12.8 Å². The molecule has 10 heteroatoms. The minimum atomic E-state index is -3.26. The average molecular weight is 410 g/mol. The van der Waals surface area contributed by atoms with Gasteiger partial charge >= 0.3 is 0 Å². The second-order valence-electron chi connectivity index (χ2n) is 6.16. The maximum Gasteiger partial charge on any atom is 0.284 e. The first-order valence-corrected chi connectivity index (χ1v) is 10.6. The third-order valence-electron chi connectivity index (χ3n) is 3.67. The Bertz CT molecular complexity index is 970. The second-order valence-corrected chi connectivity index (χ2v) is 8.30. The number of benzene rings is 1. The Hall–Kier alpha value is -2.88. The van der Waals surface area contributed by atoms with E-state index in [1.165, 1.54) is 24.3 Å². The van der Waals surface area contributed by atoms with Gasteiger partial charge in [-0.1, -0.05) is 6.07 Å². The summed E-state index contributed by atoms with van der Waals surface area (Å²) in [6.07, 6.45) is 1.12. The number of hydrogen-bond donors (Lipinski definition) is 3. The Kier molecular flexibility index (Phi) is 7.16. The molecule has 0 radical (unpaired) electrons. The molecule has 0 spiro atoms. The summed E-state index contributed by atoms with van der Waals surface area (Å²) in [6, 6.07) is 7.06. The summed E-state index contributed by atoms with van der Waals surface area (Å²) >= 11 is 0. The van der Waals surface area contributed by atoms with Gasteiger partial charge in [0.25, 0.3) is 5.91 Å². The van der Waals surface area contributed by atoms with Gasteiger partial charge in [0.1, 0.15) is 11.6 Å². The largest absolute Gasteiger partial charge is 0.454 e.